The van der Waals surface area contributed by atoms with Gasteiger partial charge in [0.1, 0.15) is 11.8 Å². The van der Waals surface area contributed by atoms with Crippen LogP contribution in [0.4, 0.5) is 0 Å². The van der Waals surface area contributed by atoms with E-state index in [-0.39, 0.29) is 23.8 Å². The Hall–Kier alpha value is -3.16. The Morgan fingerprint density at radius 1 is 1.06 bits per heavy atom. The van der Waals surface area contributed by atoms with Crippen molar-refractivity contribution >= 4 is 23.2 Å². The third-order valence-corrected chi connectivity index (χ3v) is 5.81. The molecule has 3 rings (SSSR count). The van der Waals surface area contributed by atoms with Gasteiger partial charge in [-0.25, -0.2) is 0 Å². The van der Waals surface area contributed by atoms with E-state index in [0.717, 1.165) is 4.88 Å². The lowest BCUT2D eigenvalue weighted by atomic mass is 10.0. The Morgan fingerprint density at radius 2 is 1.81 bits per heavy atom. The van der Waals surface area contributed by atoms with Crippen LogP contribution in [0.15, 0.2) is 72.1 Å². The Morgan fingerprint density at radius 3 is 2.50 bits per heavy atom. The van der Waals surface area contributed by atoms with Gasteiger partial charge in [-0.05, 0) is 42.5 Å². The van der Waals surface area contributed by atoms with Gasteiger partial charge >= 0.3 is 0 Å². The SMILES string of the molecule is CCOCCCNC(=O)[C@H](c1ccccc1)N(Cc1cccs1)C(=O)c1ccccc1O. The van der Waals surface area contributed by atoms with Crippen LogP contribution in [0.25, 0.3) is 0 Å². The van der Waals surface area contributed by atoms with Crippen LogP contribution in [0.3, 0.4) is 0 Å². The number of hydrogen-bond acceptors (Lipinski definition) is 5. The number of rotatable bonds is 11. The molecule has 1 heterocycles. The fourth-order valence-electron chi connectivity index (χ4n) is 3.40. The summed E-state index contributed by atoms with van der Waals surface area (Å²) in [5, 5.41) is 15.2. The molecule has 0 aliphatic heterocycles. The third-order valence-electron chi connectivity index (χ3n) is 4.95. The van der Waals surface area contributed by atoms with Gasteiger partial charge in [-0.3, -0.25) is 9.59 Å². The number of hydrogen-bond donors (Lipinski definition) is 2. The summed E-state index contributed by atoms with van der Waals surface area (Å²) < 4.78 is 5.35. The zero-order chi connectivity index (χ0) is 22.8. The fourth-order valence-corrected chi connectivity index (χ4v) is 4.10. The van der Waals surface area contributed by atoms with Crippen LogP contribution in [0.2, 0.25) is 0 Å². The number of nitrogens with one attached hydrogen (secondary N) is 1. The van der Waals surface area contributed by atoms with E-state index in [2.05, 4.69) is 5.32 Å². The highest BCUT2D eigenvalue weighted by molar-refractivity contribution is 7.09. The first kappa shape index (κ1) is 23.5. The molecule has 3 aromatic rings. The summed E-state index contributed by atoms with van der Waals surface area (Å²) in [6.45, 7) is 3.81. The average Bonchev–Trinajstić information content (AvgIpc) is 3.32. The highest BCUT2D eigenvalue weighted by atomic mass is 32.1. The number of benzene rings is 2. The molecule has 32 heavy (non-hydrogen) atoms. The third kappa shape index (κ3) is 6.18. The molecule has 1 aromatic heterocycles. The van der Waals surface area contributed by atoms with Crippen LogP contribution in [-0.4, -0.2) is 41.6 Å². The van der Waals surface area contributed by atoms with Gasteiger partial charge in [0.25, 0.3) is 5.91 Å². The van der Waals surface area contributed by atoms with Crippen LogP contribution >= 0.6 is 11.3 Å². The number of thiophene rings is 1. The van der Waals surface area contributed by atoms with Crippen LogP contribution < -0.4 is 5.32 Å². The van der Waals surface area contributed by atoms with Gasteiger partial charge in [-0.2, -0.15) is 0 Å². The second kappa shape index (κ2) is 12.0. The van der Waals surface area contributed by atoms with E-state index in [9.17, 15) is 14.7 Å². The highest BCUT2D eigenvalue weighted by Crippen LogP contribution is 2.29. The normalized spacial score (nSPS) is 11.7. The minimum absolute atomic E-state index is 0.113. The number of carbonyl (C=O) groups excluding carboxylic acids is 2. The zero-order valence-electron chi connectivity index (χ0n) is 18.1. The topological polar surface area (TPSA) is 78.9 Å². The molecule has 0 aliphatic carbocycles. The first-order valence-corrected chi connectivity index (χ1v) is 11.5. The molecule has 0 saturated carbocycles. The van der Waals surface area contributed by atoms with Crippen molar-refractivity contribution in [2.45, 2.75) is 25.9 Å². The summed E-state index contributed by atoms with van der Waals surface area (Å²) in [6, 6.07) is 18.6. The number of amides is 2. The van der Waals surface area contributed by atoms with Crippen molar-refractivity contribution in [3.63, 3.8) is 0 Å². The van der Waals surface area contributed by atoms with Gasteiger partial charge in [0.15, 0.2) is 0 Å². The van der Waals surface area contributed by atoms with Crippen molar-refractivity contribution in [1.82, 2.24) is 10.2 Å². The molecule has 0 bridgehead atoms. The lowest BCUT2D eigenvalue weighted by Crippen LogP contribution is -2.43. The van der Waals surface area contributed by atoms with E-state index in [0.29, 0.717) is 31.7 Å². The summed E-state index contributed by atoms with van der Waals surface area (Å²) >= 11 is 1.51. The molecule has 0 unspecified atom stereocenters. The van der Waals surface area contributed by atoms with E-state index < -0.39 is 11.9 Å². The quantitative estimate of drug-likeness (QED) is 0.423. The van der Waals surface area contributed by atoms with Crippen molar-refractivity contribution in [3.8, 4) is 5.75 Å². The number of phenolic OH excluding ortho intramolecular Hbond substituents is 1. The predicted molar refractivity (Wildman–Crippen MR) is 126 cm³/mol. The van der Waals surface area contributed by atoms with Crippen molar-refractivity contribution in [2.75, 3.05) is 19.8 Å². The van der Waals surface area contributed by atoms with E-state index >= 15 is 0 Å². The van der Waals surface area contributed by atoms with E-state index in [1.165, 1.54) is 22.3 Å². The molecular formula is C25H28N2O4S. The molecule has 2 aromatic carbocycles. The van der Waals surface area contributed by atoms with Gasteiger partial charge in [-0.1, -0.05) is 48.5 Å². The van der Waals surface area contributed by atoms with Crippen LogP contribution in [-0.2, 0) is 16.1 Å². The Bertz CT molecular complexity index is 992. The zero-order valence-corrected chi connectivity index (χ0v) is 18.9. The first-order chi connectivity index (χ1) is 15.6. The number of phenols is 1. The van der Waals surface area contributed by atoms with E-state index in [4.69, 9.17) is 4.74 Å². The number of aromatic hydroxyl groups is 1. The van der Waals surface area contributed by atoms with Crippen LogP contribution in [0.5, 0.6) is 5.75 Å². The molecule has 2 N–H and O–H groups in total. The van der Waals surface area contributed by atoms with Gasteiger partial charge < -0.3 is 20.1 Å². The van der Waals surface area contributed by atoms with Crippen LogP contribution in [0.1, 0.15) is 40.2 Å². The van der Waals surface area contributed by atoms with Gasteiger partial charge in [0.05, 0.1) is 12.1 Å². The second-order valence-electron chi connectivity index (χ2n) is 7.18. The standard InChI is InChI=1S/C25H28N2O4S/c1-2-31-16-9-15-26-24(29)23(19-10-4-3-5-11-19)27(18-20-12-8-17-32-20)25(30)21-13-6-7-14-22(21)28/h3-8,10-14,17,23,28H,2,9,15-16,18H2,1H3,(H,26,29)/t23-/m0/s1. The summed E-state index contributed by atoms with van der Waals surface area (Å²) in [5.41, 5.74) is 0.865. The summed E-state index contributed by atoms with van der Waals surface area (Å²) in [6.07, 6.45) is 0.680. The Kier molecular flexibility index (Phi) is 8.83. The van der Waals surface area contributed by atoms with Crippen molar-refractivity contribution in [1.29, 1.82) is 0 Å². The maximum atomic E-state index is 13.6. The Balaban J connectivity index is 1.94. The summed E-state index contributed by atoms with van der Waals surface area (Å²) in [7, 11) is 0. The van der Waals surface area contributed by atoms with Gasteiger partial charge in [-0.15, -0.1) is 11.3 Å². The maximum Gasteiger partial charge on any atom is 0.258 e. The molecule has 1 atom stereocenters. The summed E-state index contributed by atoms with van der Waals surface area (Å²) in [5.74, 6) is -0.791. The van der Waals surface area contributed by atoms with Crippen molar-refractivity contribution < 1.29 is 19.4 Å². The van der Waals surface area contributed by atoms with Gasteiger partial charge in [0.2, 0.25) is 5.91 Å². The largest absolute Gasteiger partial charge is 0.507 e. The maximum absolute atomic E-state index is 13.6. The fraction of sp³-hybridized carbons (Fsp3) is 0.280. The molecule has 0 spiro atoms. The van der Waals surface area contributed by atoms with Crippen LogP contribution in [0, 0.1) is 0 Å². The average molecular weight is 453 g/mol. The molecule has 0 saturated heterocycles. The van der Waals surface area contributed by atoms with Crippen molar-refractivity contribution in [2.24, 2.45) is 0 Å². The lowest BCUT2D eigenvalue weighted by molar-refractivity contribution is -0.126. The second-order valence-corrected chi connectivity index (χ2v) is 8.22. The number of ether oxygens (including phenoxy) is 1. The lowest BCUT2D eigenvalue weighted by Gasteiger charge is -2.31. The number of para-hydroxylation sites is 1. The first-order valence-electron chi connectivity index (χ1n) is 10.6. The van der Waals surface area contributed by atoms with E-state index in [1.807, 2.05) is 54.8 Å². The van der Waals surface area contributed by atoms with Gasteiger partial charge in [0, 0.05) is 24.6 Å². The minimum atomic E-state index is -0.850. The molecule has 0 fully saturated rings. The highest BCUT2D eigenvalue weighted by Gasteiger charge is 2.33. The number of carbonyl (C=O) groups is 2. The Labute approximate surface area is 192 Å². The monoisotopic (exact) mass is 452 g/mol. The molecule has 6 nitrogen and oxygen atoms in total. The van der Waals surface area contributed by atoms with Crippen molar-refractivity contribution in [3.05, 3.63) is 88.1 Å². The smallest absolute Gasteiger partial charge is 0.258 e. The molecule has 2 amide bonds. The molecule has 7 heteroatoms. The summed E-state index contributed by atoms with van der Waals surface area (Å²) in [4.78, 5) is 29.4. The van der Waals surface area contributed by atoms with E-state index in [1.54, 1.807) is 18.2 Å². The molecule has 168 valence electrons. The number of nitrogens with zero attached hydrogens (tertiary/aromatic N) is 1. The molecule has 0 aliphatic rings. The predicted octanol–water partition coefficient (Wildman–Crippen LogP) is 4.38. The minimum Gasteiger partial charge on any atom is -0.507 e. The molecular weight excluding hydrogens is 424 g/mol. The molecule has 0 radical (unpaired) electrons.